The van der Waals surface area contributed by atoms with Gasteiger partial charge in [0.2, 0.25) is 0 Å². The number of carbonyl (C=O) groups excluding carboxylic acids is 1. The Labute approximate surface area is 112 Å². The van der Waals surface area contributed by atoms with Gasteiger partial charge in [0.15, 0.2) is 0 Å². The zero-order chi connectivity index (χ0) is 14.0. The average molecular weight is 261 g/mol. The molecule has 0 aliphatic heterocycles. The van der Waals surface area contributed by atoms with Gasteiger partial charge in [-0.3, -0.25) is 4.79 Å². The van der Waals surface area contributed by atoms with Crippen LogP contribution in [-0.4, -0.2) is 25.4 Å². The molecule has 0 aliphatic carbocycles. The number of carbonyl (C=O) groups is 1. The molecule has 2 heterocycles. The Morgan fingerprint density at radius 3 is 2.63 bits per heavy atom. The molecule has 0 aromatic carbocycles. The van der Waals surface area contributed by atoms with Gasteiger partial charge in [-0.1, -0.05) is 13.8 Å². The van der Waals surface area contributed by atoms with E-state index < -0.39 is 0 Å². The molecule has 19 heavy (non-hydrogen) atoms. The quantitative estimate of drug-likeness (QED) is 0.877. The SMILES string of the molecule is Cc1[nH]cnc1C(=O)N[C@@H](c1nccn1C)C(C)C. The van der Waals surface area contributed by atoms with Gasteiger partial charge in [0.25, 0.3) is 5.91 Å². The van der Waals surface area contributed by atoms with Gasteiger partial charge < -0.3 is 14.9 Å². The Bertz CT molecular complexity index is 569. The van der Waals surface area contributed by atoms with Crippen molar-refractivity contribution in [2.75, 3.05) is 0 Å². The second kappa shape index (κ2) is 5.26. The maximum atomic E-state index is 12.2. The predicted octanol–water partition coefficient (Wildman–Crippen LogP) is 1.58. The molecule has 0 bridgehead atoms. The van der Waals surface area contributed by atoms with Crippen LogP contribution in [0.2, 0.25) is 0 Å². The summed E-state index contributed by atoms with van der Waals surface area (Å²) >= 11 is 0. The van der Waals surface area contributed by atoms with Crippen molar-refractivity contribution in [3.8, 4) is 0 Å². The minimum absolute atomic E-state index is 0.136. The third-order valence-corrected chi connectivity index (χ3v) is 3.13. The Morgan fingerprint density at radius 1 is 1.42 bits per heavy atom. The number of amides is 1. The standard InChI is InChI=1S/C13H19N5O/c1-8(2)10(12-14-5-6-18(12)4)17-13(19)11-9(3)15-7-16-11/h5-8,10H,1-4H3,(H,15,16)(H,17,19)/t10-/m1/s1. The second-order valence-corrected chi connectivity index (χ2v) is 4.97. The third kappa shape index (κ3) is 2.67. The zero-order valence-corrected chi connectivity index (χ0v) is 11.6. The third-order valence-electron chi connectivity index (χ3n) is 3.13. The first-order chi connectivity index (χ1) is 9.00. The molecule has 0 saturated carbocycles. The molecule has 2 aromatic heterocycles. The van der Waals surface area contributed by atoms with E-state index in [9.17, 15) is 4.79 Å². The van der Waals surface area contributed by atoms with E-state index in [2.05, 4.69) is 34.1 Å². The lowest BCUT2D eigenvalue weighted by Gasteiger charge is -2.21. The summed E-state index contributed by atoms with van der Waals surface area (Å²) in [6.45, 7) is 5.93. The van der Waals surface area contributed by atoms with Gasteiger partial charge in [-0.25, -0.2) is 9.97 Å². The van der Waals surface area contributed by atoms with E-state index in [4.69, 9.17) is 0 Å². The van der Waals surface area contributed by atoms with Crippen molar-refractivity contribution >= 4 is 5.91 Å². The van der Waals surface area contributed by atoms with Crippen LogP contribution in [0, 0.1) is 12.8 Å². The van der Waals surface area contributed by atoms with E-state index in [-0.39, 0.29) is 17.9 Å². The van der Waals surface area contributed by atoms with Crippen molar-refractivity contribution < 1.29 is 4.79 Å². The van der Waals surface area contributed by atoms with Crippen molar-refractivity contribution in [1.29, 1.82) is 0 Å². The van der Waals surface area contributed by atoms with Crippen LogP contribution in [0.15, 0.2) is 18.7 Å². The number of hydrogen-bond donors (Lipinski definition) is 2. The van der Waals surface area contributed by atoms with Crippen LogP contribution in [-0.2, 0) is 7.05 Å². The summed E-state index contributed by atoms with van der Waals surface area (Å²) in [5.41, 5.74) is 1.19. The molecule has 0 aliphatic rings. The molecule has 2 aromatic rings. The molecule has 0 radical (unpaired) electrons. The van der Waals surface area contributed by atoms with Crippen molar-refractivity contribution in [3.63, 3.8) is 0 Å². The first-order valence-electron chi connectivity index (χ1n) is 6.28. The second-order valence-electron chi connectivity index (χ2n) is 4.97. The van der Waals surface area contributed by atoms with E-state index in [1.54, 1.807) is 6.20 Å². The van der Waals surface area contributed by atoms with Gasteiger partial charge in [-0.2, -0.15) is 0 Å². The van der Waals surface area contributed by atoms with Crippen molar-refractivity contribution in [3.05, 3.63) is 35.9 Å². The van der Waals surface area contributed by atoms with Crippen molar-refractivity contribution in [2.24, 2.45) is 13.0 Å². The average Bonchev–Trinajstić information content (AvgIpc) is 2.94. The molecule has 1 atom stereocenters. The van der Waals surface area contributed by atoms with Crippen LogP contribution in [0.4, 0.5) is 0 Å². The summed E-state index contributed by atoms with van der Waals surface area (Å²) < 4.78 is 1.92. The molecule has 2 N–H and O–H groups in total. The molecule has 102 valence electrons. The highest BCUT2D eigenvalue weighted by Gasteiger charge is 2.24. The highest BCUT2D eigenvalue weighted by atomic mass is 16.2. The molecule has 0 spiro atoms. The largest absolute Gasteiger partial charge is 0.348 e. The fourth-order valence-electron chi connectivity index (χ4n) is 2.00. The first kappa shape index (κ1) is 13.3. The molecule has 0 fully saturated rings. The fourth-order valence-corrected chi connectivity index (χ4v) is 2.00. The van der Waals surface area contributed by atoms with Gasteiger partial charge in [-0.05, 0) is 12.8 Å². The number of hydrogen-bond acceptors (Lipinski definition) is 3. The number of imidazole rings is 2. The molecular weight excluding hydrogens is 242 g/mol. The van der Waals surface area contributed by atoms with Crippen LogP contribution < -0.4 is 5.32 Å². The number of aromatic amines is 1. The number of nitrogens with one attached hydrogen (secondary N) is 2. The number of nitrogens with zero attached hydrogens (tertiary/aromatic N) is 3. The molecule has 6 heteroatoms. The number of aromatic nitrogens is 4. The maximum Gasteiger partial charge on any atom is 0.272 e. The number of rotatable bonds is 4. The van der Waals surface area contributed by atoms with Gasteiger partial charge in [0, 0.05) is 25.1 Å². The summed E-state index contributed by atoms with van der Waals surface area (Å²) in [5, 5.41) is 3.00. The maximum absolute atomic E-state index is 12.2. The van der Waals surface area contributed by atoms with Gasteiger partial charge in [-0.15, -0.1) is 0 Å². The zero-order valence-electron chi connectivity index (χ0n) is 11.6. The summed E-state index contributed by atoms with van der Waals surface area (Å²) in [5.74, 6) is 0.904. The van der Waals surface area contributed by atoms with Crippen LogP contribution in [0.1, 0.15) is 41.9 Å². The Balaban J connectivity index is 2.21. The van der Waals surface area contributed by atoms with Crippen LogP contribution >= 0.6 is 0 Å². The lowest BCUT2D eigenvalue weighted by molar-refractivity contribution is 0.0917. The minimum atomic E-state index is -0.180. The van der Waals surface area contributed by atoms with E-state index in [1.165, 1.54) is 6.33 Å². The van der Waals surface area contributed by atoms with Crippen molar-refractivity contribution in [1.82, 2.24) is 24.8 Å². The molecule has 0 saturated heterocycles. The molecule has 2 rings (SSSR count). The van der Waals surface area contributed by atoms with E-state index in [0.29, 0.717) is 5.69 Å². The van der Waals surface area contributed by atoms with Gasteiger partial charge in [0.05, 0.1) is 12.4 Å². The minimum Gasteiger partial charge on any atom is -0.348 e. The van der Waals surface area contributed by atoms with Crippen LogP contribution in [0.5, 0.6) is 0 Å². The Hall–Kier alpha value is -2.11. The smallest absolute Gasteiger partial charge is 0.272 e. The monoisotopic (exact) mass is 261 g/mol. The first-order valence-corrected chi connectivity index (χ1v) is 6.28. The van der Waals surface area contributed by atoms with E-state index >= 15 is 0 Å². The summed E-state index contributed by atoms with van der Waals surface area (Å²) in [4.78, 5) is 23.5. The lowest BCUT2D eigenvalue weighted by Crippen LogP contribution is -2.34. The van der Waals surface area contributed by atoms with E-state index in [0.717, 1.165) is 11.5 Å². The molecule has 1 amide bonds. The Morgan fingerprint density at radius 2 is 2.16 bits per heavy atom. The predicted molar refractivity (Wildman–Crippen MR) is 71.6 cm³/mol. The fraction of sp³-hybridized carbons (Fsp3) is 0.462. The summed E-state index contributed by atoms with van der Waals surface area (Å²) in [6.07, 6.45) is 5.13. The molecule has 6 nitrogen and oxygen atoms in total. The van der Waals surface area contributed by atoms with Crippen molar-refractivity contribution in [2.45, 2.75) is 26.8 Å². The topological polar surface area (TPSA) is 75.6 Å². The van der Waals surface area contributed by atoms with Gasteiger partial charge in [0.1, 0.15) is 11.5 Å². The number of aryl methyl sites for hydroxylation is 2. The molecular formula is C13H19N5O. The normalized spacial score (nSPS) is 12.7. The van der Waals surface area contributed by atoms with Gasteiger partial charge >= 0.3 is 0 Å². The van der Waals surface area contributed by atoms with Crippen LogP contribution in [0.3, 0.4) is 0 Å². The Kier molecular flexibility index (Phi) is 3.69. The number of H-pyrrole nitrogens is 1. The van der Waals surface area contributed by atoms with Crippen LogP contribution in [0.25, 0.3) is 0 Å². The summed E-state index contributed by atoms with van der Waals surface area (Å²) in [6, 6.07) is -0.136. The molecule has 0 unspecified atom stereocenters. The van der Waals surface area contributed by atoms with E-state index in [1.807, 2.05) is 24.7 Å². The lowest BCUT2D eigenvalue weighted by atomic mass is 10.0. The highest BCUT2D eigenvalue weighted by Crippen LogP contribution is 2.20. The summed E-state index contributed by atoms with van der Waals surface area (Å²) in [7, 11) is 1.92. The highest BCUT2D eigenvalue weighted by molar-refractivity contribution is 5.93.